The average molecular weight is 323 g/mol. The Labute approximate surface area is 136 Å². The van der Waals surface area contributed by atoms with Crippen LogP contribution in [0.25, 0.3) is 0 Å². The number of carboxylic acids is 1. The van der Waals surface area contributed by atoms with Gasteiger partial charge in [0.15, 0.2) is 11.5 Å². The molecular weight excluding hydrogens is 298 g/mol. The van der Waals surface area contributed by atoms with E-state index in [1.807, 2.05) is 6.92 Å². The molecule has 128 valence electrons. The molecule has 0 aliphatic heterocycles. The second-order valence-electron chi connectivity index (χ2n) is 5.73. The highest BCUT2D eigenvalue weighted by molar-refractivity contribution is 5.96. The molecule has 0 fully saturated rings. The van der Waals surface area contributed by atoms with Gasteiger partial charge in [0.1, 0.15) is 0 Å². The number of ether oxygens (including phenoxy) is 2. The number of hydrogen-bond acceptors (Lipinski definition) is 4. The van der Waals surface area contributed by atoms with E-state index in [2.05, 4.69) is 19.2 Å². The molecule has 1 rings (SSSR count). The maximum absolute atomic E-state index is 12.3. The smallest absolute Gasteiger partial charge is 0.335 e. The monoisotopic (exact) mass is 323 g/mol. The van der Waals surface area contributed by atoms with E-state index < -0.39 is 5.97 Å². The van der Waals surface area contributed by atoms with Crippen LogP contribution in [-0.4, -0.2) is 31.2 Å². The quantitative estimate of drug-likeness (QED) is 0.766. The molecule has 23 heavy (non-hydrogen) atoms. The van der Waals surface area contributed by atoms with Gasteiger partial charge in [-0.3, -0.25) is 4.79 Å². The Bertz CT molecular complexity index is 568. The number of hydrogen-bond donors (Lipinski definition) is 2. The topological polar surface area (TPSA) is 84.9 Å². The van der Waals surface area contributed by atoms with Crippen molar-refractivity contribution in [1.82, 2.24) is 0 Å². The van der Waals surface area contributed by atoms with Crippen LogP contribution < -0.4 is 14.8 Å². The Morgan fingerprint density at radius 3 is 2.30 bits per heavy atom. The molecule has 0 heterocycles. The van der Waals surface area contributed by atoms with Crippen LogP contribution in [0.3, 0.4) is 0 Å². The van der Waals surface area contributed by atoms with Crippen LogP contribution >= 0.6 is 0 Å². The molecule has 2 N–H and O–H groups in total. The highest BCUT2D eigenvalue weighted by Gasteiger charge is 2.20. The van der Waals surface area contributed by atoms with Crippen molar-refractivity contribution in [2.75, 3.05) is 19.5 Å². The number of methoxy groups -OCH3 is 2. The minimum absolute atomic E-state index is 0.0221. The van der Waals surface area contributed by atoms with E-state index in [-0.39, 0.29) is 23.1 Å². The molecule has 1 atom stereocenters. The molecule has 0 saturated heterocycles. The molecule has 6 heteroatoms. The van der Waals surface area contributed by atoms with Crippen molar-refractivity contribution < 1.29 is 24.2 Å². The van der Waals surface area contributed by atoms with Crippen LogP contribution in [0.4, 0.5) is 5.69 Å². The van der Waals surface area contributed by atoms with Gasteiger partial charge in [-0.1, -0.05) is 27.2 Å². The summed E-state index contributed by atoms with van der Waals surface area (Å²) in [4.78, 5) is 23.5. The zero-order chi connectivity index (χ0) is 17.6. The lowest BCUT2D eigenvalue weighted by atomic mass is 9.90. The van der Waals surface area contributed by atoms with Crippen LogP contribution in [-0.2, 0) is 4.79 Å². The van der Waals surface area contributed by atoms with Gasteiger partial charge in [-0.05, 0) is 24.0 Å². The van der Waals surface area contributed by atoms with Gasteiger partial charge >= 0.3 is 5.97 Å². The van der Waals surface area contributed by atoms with E-state index in [9.17, 15) is 14.7 Å². The zero-order valence-corrected chi connectivity index (χ0v) is 14.3. The molecule has 1 aromatic carbocycles. The number of carboxylic acid groups (broad SMARTS) is 1. The Hall–Kier alpha value is -2.24. The predicted octanol–water partition coefficient (Wildman–Crippen LogP) is 3.41. The van der Waals surface area contributed by atoms with Gasteiger partial charge in [0, 0.05) is 6.42 Å². The lowest BCUT2D eigenvalue weighted by molar-refractivity contribution is -0.117. The summed E-state index contributed by atoms with van der Waals surface area (Å²) in [5.74, 6) is -0.0383. The van der Waals surface area contributed by atoms with Crippen LogP contribution in [0.15, 0.2) is 12.1 Å². The largest absolute Gasteiger partial charge is 0.493 e. The molecule has 0 saturated carbocycles. The standard InChI is InChI=1S/C17H25NO5/c1-6-11(10(2)3)9-15(19)18-13-7-12(17(20)21)8-14(22-4)16(13)23-5/h7-8,10-11H,6,9H2,1-5H3,(H,18,19)(H,20,21). The fourth-order valence-corrected chi connectivity index (χ4v) is 2.47. The molecule has 0 aliphatic carbocycles. The third-order valence-corrected chi connectivity index (χ3v) is 3.91. The van der Waals surface area contributed by atoms with E-state index in [4.69, 9.17) is 9.47 Å². The second-order valence-corrected chi connectivity index (χ2v) is 5.73. The Morgan fingerprint density at radius 1 is 1.22 bits per heavy atom. The van der Waals surface area contributed by atoms with Crippen LogP contribution in [0.2, 0.25) is 0 Å². The average Bonchev–Trinajstić information content (AvgIpc) is 2.51. The van der Waals surface area contributed by atoms with E-state index in [1.54, 1.807) is 0 Å². The maximum Gasteiger partial charge on any atom is 0.335 e. The Morgan fingerprint density at radius 2 is 1.87 bits per heavy atom. The minimum atomic E-state index is -1.10. The SMILES string of the molecule is CCC(CC(=O)Nc1cc(C(=O)O)cc(OC)c1OC)C(C)C. The summed E-state index contributed by atoms with van der Waals surface area (Å²) in [7, 11) is 2.86. The number of rotatable bonds is 8. The molecule has 0 radical (unpaired) electrons. The number of carbonyl (C=O) groups excluding carboxylic acids is 1. The Kier molecular flexibility index (Phi) is 6.88. The molecule has 0 bridgehead atoms. The van der Waals surface area contributed by atoms with E-state index >= 15 is 0 Å². The predicted molar refractivity (Wildman–Crippen MR) is 88.4 cm³/mol. The lowest BCUT2D eigenvalue weighted by Gasteiger charge is -2.19. The van der Waals surface area contributed by atoms with E-state index in [0.29, 0.717) is 23.8 Å². The summed E-state index contributed by atoms with van der Waals surface area (Å²) in [6, 6.07) is 2.73. The van der Waals surface area contributed by atoms with E-state index in [1.165, 1.54) is 26.4 Å². The normalized spacial score (nSPS) is 11.9. The van der Waals surface area contributed by atoms with Crippen molar-refractivity contribution in [3.63, 3.8) is 0 Å². The van der Waals surface area contributed by atoms with Crippen LogP contribution in [0.5, 0.6) is 11.5 Å². The summed E-state index contributed by atoms with van der Waals surface area (Å²) in [6.07, 6.45) is 1.28. The zero-order valence-electron chi connectivity index (χ0n) is 14.3. The molecule has 0 aromatic heterocycles. The van der Waals surface area contributed by atoms with Crippen molar-refractivity contribution in [3.05, 3.63) is 17.7 Å². The molecule has 1 amide bonds. The van der Waals surface area contributed by atoms with Gasteiger partial charge < -0.3 is 19.9 Å². The van der Waals surface area contributed by atoms with Gasteiger partial charge in [0.05, 0.1) is 25.5 Å². The van der Waals surface area contributed by atoms with Crippen molar-refractivity contribution >= 4 is 17.6 Å². The van der Waals surface area contributed by atoms with Gasteiger partial charge in [0.25, 0.3) is 0 Å². The summed E-state index contributed by atoms with van der Waals surface area (Å²) in [6.45, 7) is 6.21. The van der Waals surface area contributed by atoms with Gasteiger partial charge in [-0.15, -0.1) is 0 Å². The number of benzene rings is 1. The van der Waals surface area contributed by atoms with Crippen molar-refractivity contribution in [1.29, 1.82) is 0 Å². The molecule has 6 nitrogen and oxygen atoms in total. The van der Waals surface area contributed by atoms with E-state index in [0.717, 1.165) is 6.42 Å². The third-order valence-electron chi connectivity index (χ3n) is 3.91. The first kappa shape index (κ1) is 18.8. The summed E-state index contributed by atoms with van der Waals surface area (Å²) in [5.41, 5.74) is 0.321. The first-order chi connectivity index (χ1) is 10.8. The molecule has 0 spiro atoms. The number of amides is 1. The van der Waals surface area contributed by atoms with Crippen LogP contribution in [0, 0.1) is 11.8 Å². The molecule has 0 aliphatic rings. The molecule has 1 aromatic rings. The first-order valence-electron chi connectivity index (χ1n) is 7.63. The Balaban J connectivity index is 3.08. The van der Waals surface area contributed by atoms with Gasteiger partial charge in [0.2, 0.25) is 5.91 Å². The fraction of sp³-hybridized carbons (Fsp3) is 0.529. The fourth-order valence-electron chi connectivity index (χ4n) is 2.47. The highest BCUT2D eigenvalue weighted by Crippen LogP contribution is 2.37. The molecule has 1 unspecified atom stereocenters. The highest BCUT2D eigenvalue weighted by atomic mass is 16.5. The maximum atomic E-state index is 12.3. The van der Waals surface area contributed by atoms with Crippen molar-refractivity contribution in [2.45, 2.75) is 33.6 Å². The number of anilines is 1. The van der Waals surface area contributed by atoms with Crippen molar-refractivity contribution in [2.24, 2.45) is 11.8 Å². The third kappa shape index (κ3) is 4.87. The van der Waals surface area contributed by atoms with Crippen LogP contribution in [0.1, 0.15) is 44.0 Å². The minimum Gasteiger partial charge on any atom is -0.493 e. The lowest BCUT2D eigenvalue weighted by Crippen LogP contribution is -2.20. The second kappa shape index (κ2) is 8.41. The number of carbonyl (C=O) groups is 2. The van der Waals surface area contributed by atoms with Gasteiger partial charge in [-0.2, -0.15) is 0 Å². The summed E-state index contributed by atoms with van der Waals surface area (Å²) >= 11 is 0. The van der Waals surface area contributed by atoms with Crippen molar-refractivity contribution in [3.8, 4) is 11.5 Å². The first-order valence-corrected chi connectivity index (χ1v) is 7.63. The summed E-state index contributed by atoms with van der Waals surface area (Å²) < 4.78 is 10.4. The number of aromatic carboxylic acids is 1. The van der Waals surface area contributed by atoms with Gasteiger partial charge in [-0.25, -0.2) is 4.79 Å². The molecular formula is C17H25NO5. The number of nitrogens with one attached hydrogen (secondary N) is 1. The summed E-state index contributed by atoms with van der Waals surface area (Å²) in [5, 5.41) is 11.9.